The first kappa shape index (κ1) is 18.4. The summed E-state index contributed by atoms with van der Waals surface area (Å²) in [5, 5.41) is 1.62. The van der Waals surface area contributed by atoms with Gasteiger partial charge in [0, 0.05) is 24.9 Å². The highest BCUT2D eigenvalue weighted by molar-refractivity contribution is 6.43. The molecule has 2 aromatic rings. The molecule has 9 heteroatoms. The number of carbonyl (C=O) groups is 1. The molecule has 0 fully saturated rings. The number of amides is 1. The lowest BCUT2D eigenvalue weighted by Crippen LogP contribution is -2.44. The van der Waals surface area contributed by atoms with Crippen molar-refractivity contribution < 1.29 is 9.18 Å². The molecule has 0 saturated carbocycles. The summed E-state index contributed by atoms with van der Waals surface area (Å²) in [7, 11) is 0. The molecule has 1 aromatic heterocycles. The third kappa shape index (κ3) is 3.46. The number of hydrazine groups is 1. The fourth-order valence-corrected chi connectivity index (χ4v) is 3.13. The number of hydrogen-bond acceptors (Lipinski definition) is 5. The lowest BCUT2D eigenvalue weighted by molar-refractivity contribution is 0.0762. The van der Waals surface area contributed by atoms with E-state index < -0.39 is 5.82 Å². The molecule has 1 aliphatic heterocycles. The first-order valence-corrected chi connectivity index (χ1v) is 8.52. The van der Waals surface area contributed by atoms with Crippen LogP contribution in [0.4, 0.5) is 10.2 Å². The average Bonchev–Trinajstić information content (AvgIpc) is 2.63. The minimum Gasteiger partial charge on any atom is -0.399 e. The van der Waals surface area contributed by atoms with E-state index in [-0.39, 0.29) is 23.3 Å². The van der Waals surface area contributed by atoms with E-state index in [4.69, 9.17) is 34.8 Å². The van der Waals surface area contributed by atoms with Gasteiger partial charge in [0.15, 0.2) is 11.6 Å². The number of nitrogens with two attached hydrogens (primary N) is 2. The van der Waals surface area contributed by atoms with E-state index in [9.17, 15) is 9.18 Å². The Kier molecular flexibility index (Phi) is 5.31. The largest absolute Gasteiger partial charge is 0.399 e. The maximum Gasteiger partial charge on any atom is 0.255 e. The van der Waals surface area contributed by atoms with Gasteiger partial charge < -0.3 is 10.6 Å². The van der Waals surface area contributed by atoms with Gasteiger partial charge in [-0.25, -0.2) is 15.2 Å². The fraction of sp³-hybridized carbons (Fsp3) is 0.176. The van der Waals surface area contributed by atoms with Gasteiger partial charge in [0.25, 0.3) is 5.91 Å². The number of anilines is 1. The molecule has 0 unspecified atom stereocenters. The van der Waals surface area contributed by atoms with E-state index in [2.05, 4.69) is 4.98 Å². The molecule has 0 atom stereocenters. The Balaban J connectivity index is 1.82. The van der Waals surface area contributed by atoms with E-state index in [1.54, 1.807) is 23.1 Å². The van der Waals surface area contributed by atoms with Crippen LogP contribution >= 0.6 is 23.2 Å². The fourth-order valence-electron chi connectivity index (χ4n) is 2.75. The van der Waals surface area contributed by atoms with Crippen LogP contribution in [0.15, 0.2) is 47.9 Å². The molecule has 0 bridgehead atoms. The first-order chi connectivity index (χ1) is 12.4. The maximum atomic E-state index is 13.9. The molecule has 2 heterocycles. The molecular formula is C17H16Cl2FN5O. The zero-order valence-corrected chi connectivity index (χ0v) is 15.1. The molecule has 6 nitrogen and oxygen atoms in total. The summed E-state index contributed by atoms with van der Waals surface area (Å²) in [6.07, 6.45) is 1.79. The SMILES string of the molecule is NC1=C(N(N)c2ncccc2F)CCN(C(=O)c2cccc(Cl)c2Cl)C1. The molecule has 0 spiro atoms. The van der Waals surface area contributed by atoms with E-state index in [0.29, 0.717) is 34.9 Å². The zero-order valence-electron chi connectivity index (χ0n) is 13.6. The molecule has 1 aliphatic rings. The van der Waals surface area contributed by atoms with Crippen molar-refractivity contribution in [3.63, 3.8) is 0 Å². The number of hydrogen-bond donors (Lipinski definition) is 2. The van der Waals surface area contributed by atoms with E-state index in [1.165, 1.54) is 18.3 Å². The monoisotopic (exact) mass is 395 g/mol. The van der Waals surface area contributed by atoms with Gasteiger partial charge in [0.05, 0.1) is 27.9 Å². The summed E-state index contributed by atoms with van der Waals surface area (Å²) in [4.78, 5) is 18.2. The molecule has 136 valence electrons. The topological polar surface area (TPSA) is 88.5 Å². The third-order valence-electron chi connectivity index (χ3n) is 4.08. The van der Waals surface area contributed by atoms with Crippen LogP contribution in [0.3, 0.4) is 0 Å². The van der Waals surface area contributed by atoms with Crippen molar-refractivity contribution >= 4 is 34.9 Å². The van der Waals surface area contributed by atoms with Crippen LogP contribution in [0.2, 0.25) is 10.0 Å². The van der Waals surface area contributed by atoms with Crippen molar-refractivity contribution in [2.24, 2.45) is 11.6 Å². The highest BCUT2D eigenvalue weighted by atomic mass is 35.5. The highest BCUT2D eigenvalue weighted by Gasteiger charge is 2.27. The van der Waals surface area contributed by atoms with Crippen LogP contribution in [-0.2, 0) is 0 Å². The van der Waals surface area contributed by atoms with Crippen LogP contribution in [0.25, 0.3) is 0 Å². The Labute approximate surface area is 159 Å². The van der Waals surface area contributed by atoms with Crippen LogP contribution in [0.1, 0.15) is 16.8 Å². The van der Waals surface area contributed by atoms with Gasteiger partial charge in [-0.1, -0.05) is 29.3 Å². The van der Waals surface area contributed by atoms with Gasteiger partial charge in [0.2, 0.25) is 0 Å². The number of rotatable bonds is 3. The molecule has 4 N–H and O–H groups in total. The number of pyridine rings is 1. The van der Waals surface area contributed by atoms with Gasteiger partial charge in [-0.3, -0.25) is 9.80 Å². The van der Waals surface area contributed by atoms with Crippen molar-refractivity contribution in [2.45, 2.75) is 6.42 Å². The van der Waals surface area contributed by atoms with Crippen LogP contribution in [0, 0.1) is 5.82 Å². The average molecular weight is 396 g/mol. The predicted molar refractivity (Wildman–Crippen MR) is 99.1 cm³/mol. The molecule has 1 amide bonds. The Hall–Kier alpha value is -2.35. The first-order valence-electron chi connectivity index (χ1n) is 7.76. The quantitative estimate of drug-likeness (QED) is 0.615. The summed E-state index contributed by atoms with van der Waals surface area (Å²) >= 11 is 12.1. The molecule has 26 heavy (non-hydrogen) atoms. The lowest BCUT2D eigenvalue weighted by Gasteiger charge is -2.33. The second-order valence-electron chi connectivity index (χ2n) is 5.73. The second kappa shape index (κ2) is 7.49. The number of halogens is 3. The molecule has 0 radical (unpaired) electrons. The number of carbonyl (C=O) groups excluding carboxylic acids is 1. The van der Waals surface area contributed by atoms with Gasteiger partial charge in [-0.05, 0) is 24.3 Å². The second-order valence-corrected chi connectivity index (χ2v) is 6.51. The van der Waals surface area contributed by atoms with Crippen LogP contribution in [0.5, 0.6) is 0 Å². The molecule has 3 rings (SSSR count). The van der Waals surface area contributed by atoms with Gasteiger partial charge >= 0.3 is 0 Å². The van der Waals surface area contributed by atoms with Gasteiger partial charge in [-0.15, -0.1) is 0 Å². The zero-order chi connectivity index (χ0) is 18.8. The van der Waals surface area contributed by atoms with Crippen LogP contribution in [-0.4, -0.2) is 28.9 Å². The summed E-state index contributed by atoms with van der Waals surface area (Å²) in [5.74, 6) is 5.12. The number of nitrogens with zero attached hydrogens (tertiary/aromatic N) is 3. The van der Waals surface area contributed by atoms with Gasteiger partial charge in [0.1, 0.15) is 0 Å². The Bertz CT molecular complexity index is 889. The van der Waals surface area contributed by atoms with Gasteiger partial charge in [-0.2, -0.15) is 0 Å². The highest BCUT2D eigenvalue weighted by Crippen LogP contribution is 2.28. The number of benzene rings is 1. The Morgan fingerprint density at radius 2 is 2.04 bits per heavy atom. The lowest BCUT2D eigenvalue weighted by atomic mass is 10.1. The van der Waals surface area contributed by atoms with E-state index in [0.717, 1.165) is 5.01 Å². The minimum atomic E-state index is -0.556. The smallest absolute Gasteiger partial charge is 0.255 e. The van der Waals surface area contributed by atoms with Crippen molar-refractivity contribution in [3.8, 4) is 0 Å². The third-order valence-corrected chi connectivity index (χ3v) is 4.90. The van der Waals surface area contributed by atoms with Crippen molar-refractivity contribution in [2.75, 3.05) is 18.1 Å². The summed E-state index contributed by atoms with van der Waals surface area (Å²) in [6.45, 7) is 0.485. The molecule has 1 aromatic carbocycles. The normalized spacial score (nSPS) is 14.5. The molecule has 0 aliphatic carbocycles. The van der Waals surface area contributed by atoms with E-state index in [1.807, 2.05) is 0 Å². The minimum absolute atomic E-state index is 0.0249. The summed E-state index contributed by atoms with van der Waals surface area (Å²) in [6, 6.07) is 7.60. The van der Waals surface area contributed by atoms with Crippen LogP contribution < -0.4 is 16.6 Å². The number of aromatic nitrogens is 1. The Morgan fingerprint density at radius 1 is 1.27 bits per heavy atom. The predicted octanol–water partition coefficient (Wildman–Crippen LogP) is 2.92. The van der Waals surface area contributed by atoms with Crippen molar-refractivity contribution in [1.82, 2.24) is 9.88 Å². The van der Waals surface area contributed by atoms with Crippen molar-refractivity contribution in [3.05, 3.63) is 69.3 Å². The van der Waals surface area contributed by atoms with Crippen molar-refractivity contribution in [1.29, 1.82) is 0 Å². The summed E-state index contributed by atoms with van der Waals surface area (Å²) < 4.78 is 13.9. The molecular weight excluding hydrogens is 380 g/mol. The Morgan fingerprint density at radius 3 is 2.73 bits per heavy atom. The molecule has 0 saturated heterocycles. The standard InChI is InChI=1S/C17H16Cl2FN5O/c18-11-4-1-3-10(15(11)19)17(26)24-8-6-14(13(21)9-24)25(22)16-12(20)5-2-7-23-16/h1-5,7H,6,8-9,21-22H2. The summed E-state index contributed by atoms with van der Waals surface area (Å²) in [5.41, 5.74) is 7.27. The van der Waals surface area contributed by atoms with E-state index >= 15 is 0 Å². The maximum absolute atomic E-state index is 13.9.